The van der Waals surface area contributed by atoms with Gasteiger partial charge in [0.15, 0.2) is 0 Å². The van der Waals surface area contributed by atoms with Crippen molar-refractivity contribution >= 4 is 27.0 Å². The Hall–Kier alpha value is -1.23. The average Bonchev–Trinajstić information content (AvgIpc) is 2.59. The lowest BCUT2D eigenvalue weighted by molar-refractivity contribution is 0.385. The molecule has 5 heteroatoms. The fourth-order valence-electron chi connectivity index (χ4n) is 1.28. The number of hydrogen-bond donors (Lipinski definition) is 1. The first-order valence-electron chi connectivity index (χ1n) is 4.02. The van der Waals surface area contributed by atoms with Crippen molar-refractivity contribution in [2.75, 3.05) is 14.2 Å². The van der Waals surface area contributed by atoms with E-state index in [0.29, 0.717) is 11.8 Å². The number of halogens is 1. The van der Waals surface area contributed by atoms with E-state index in [9.17, 15) is 0 Å². The molecule has 0 spiro atoms. The number of benzene rings is 1. The second kappa shape index (κ2) is 3.49. The van der Waals surface area contributed by atoms with Crippen LogP contribution in [-0.4, -0.2) is 24.2 Å². The third-order valence-corrected chi connectivity index (χ3v) is 2.37. The Morgan fingerprint density at radius 2 is 2.07 bits per heavy atom. The first-order chi connectivity index (χ1) is 6.74. The Balaban J connectivity index is 2.71. The fraction of sp³-hybridized carbons (Fsp3) is 0.222. The lowest BCUT2D eigenvalue weighted by Crippen LogP contribution is -1.85. The van der Waals surface area contributed by atoms with Gasteiger partial charge in [-0.05, 0) is 12.1 Å². The van der Waals surface area contributed by atoms with E-state index in [1.165, 1.54) is 0 Å². The van der Waals surface area contributed by atoms with Crippen LogP contribution in [0.2, 0.25) is 0 Å². The molecule has 74 valence electrons. The molecule has 1 aromatic carbocycles. The van der Waals surface area contributed by atoms with Gasteiger partial charge in [-0.15, -0.1) is 0 Å². The first kappa shape index (κ1) is 9.33. The molecule has 0 amide bonds. The van der Waals surface area contributed by atoms with Gasteiger partial charge in [0.2, 0.25) is 0 Å². The van der Waals surface area contributed by atoms with Crippen molar-refractivity contribution in [2.45, 2.75) is 0 Å². The van der Waals surface area contributed by atoms with Gasteiger partial charge in [0.1, 0.15) is 11.3 Å². The van der Waals surface area contributed by atoms with Gasteiger partial charge in [0.25, 0.3) is 6.01 Å². The second-order valence-corrected chi connectivity index (χ2v) is 3.67. The maximum absolute atomic E-state index is 5.20. The van der Waals surface area contributed by atoms with E-state index in [1.807, 2.05) is 12.1 Å². The zero-order chi connectivity index (χ0) is 10.1. The lowest BCUT2D eigenvalue weighted by atomic mass is 10.3. The highest BCUT2D eigenvalue weighted by Crippen LogP contribution is 2.29. The smallest absolute Gasteiger partial charge is 0.294 e. The molecule has 2 rings (SSSR count). The number of nitrogens with zero attached hydrogens (tertiary/aromatic N) is 1. The van der Waals surface area contributed by atoms with E-state index < -0.39 is 0 Å². The van der Waals surface area contributed by atoms with Gasteiger partial charge in [-0.3, -0.25) is 0 Å². The van der Waals surface area contributed by atoms with Crippen LogP contribution in [0.3, 0.4) is 0 Å². The molecule has 0 radical (unpaired) electrons. The minimum atomic E-state index is 0.483. The Kier molecular flexibility index (Phi) is 2.33. The molecule has 0 saturated carbocycles. The minimum absolute atomic E-state index is 0.483. The van der Waals surface area contributed by atoms with Crippen molar-refractivity contribution in [1.29, 1.82) is 0 Å². The predicted molar refractivity (Wildman–Crippen MR) is 56.9 cm³/mol. The van der Waals surface area contributed by atoms with Crippen LogP contribution in [0.5, 0.6) is 11.8 Å². The highest BCUT2D eigenvalue weighted by atomic mass is 79.9. The van der Waals surface area contributed by atoms with Crippen LogP contribution in [0.1, 0.15) is 0 Å². The molecule has 14 heavy (non-hydrogen) atoms. The molecule has 0 unspecified atom stereocenters. The van der Waals surface area contributed by atoms with Crippen LogP contribution >= 0.6 is 15.9 Å². The second-order valence-electron chi connectivity index (χ2n) is 2.75. The highest BCUT2D eigenvalue weighted by Gasteiger charge is 2.09. The van der Waals surface area contributed by atoms with Crippen LogP contribution in [0.25, 0.3) is 11.0 Å². The topological polar surface area (TPSA) is 47.1 Å². The predicted octanol–water partition coefficient (Wildman–Crippen LogP) is 2.34. The van der Waals surface area contributed by atoms with Gasteiger partial charge < -0.3 is 14.5 Å². The van der Waals surface area contributed by atoms with Crippen LogP contribution in [-0.2, 0) is 0 Å². The third-order valence-electron chi connectivity index (χ3n) is 1.91. The number of aromatic amines is 1. The van der Waals surface area contributed by atoms with E-state index in [4.69, 9.17) is 9.47 Å². The van der Waals surface area contributed by atoms with Crippen LogP contribution in [0.4, 0.5) is 0 Å². The molecule has 0 bridgehead atoms. The summed E-state index contributed by atoms with van der Waals surface area (Å²) < 4.78 is 11.1. The first-order valence-corrected chi connectivity index (χ1v) is 4.81. The van der Waals surface area contributed by atoms with Gasteiger partial charge in [-0.25, -0.2) is 0 Å². The molecule has 1 N–H and O–H groups in total. The summed E-state index contributed by atoms with van der Waals surface area (Å²) in [7, 11) is 3.18. The molecule has 1 aromatic heterocycles. The zero-order valence-electron chi connectivity index (χ0n) is 7.80. The summed E-state index contributed by atoms with van der Waals surface area (Å²) in [5, 5.41) is 0. The normalized spacial score (nSPS) is 10.5. The van der Waals surface area contributed by atoms with Crippen molar-refractivity contribution in [2.24, 2.45) is 0 Å². The number of methoxy groups -OCH3 is 2. The van der Waals surface area contributed by atoms with E-state index in [1.54, 1.807) is 14.2 Å². The molecule has 1 heterocycles. The molecule has 0 atom stereocenters. The van der Waals surface area contributed by atoms with Crippen molar-refractivity contribution in [1.82, 2.24) is 9.97 Å². The molecular formula is C9H9BrN2O2. The maximum atomic E-state index is 5.20. The summed E-state index contributed by atoms with van der Waals surface area (Å²) in [5.74, 6) is 0.717. The number of nitrogens with one attached hydrogen (secondary N) is 1. The number of fused-ring (bicyclic) bond motifs is 1. The number of aromatic nitrogens is 2. The summed E-state index contributed by atoms with van der Waals surface area (Å²) in [6, 6.07) is 4.27. The van der Waals surface area contributed by atoms with Crippen LogP contribution < -0.4 is 9.47 Å². The van der Waals surface area contributed by atoms with Crippen molar-refractivity contribution in [3.8, 4) is 11.8 Å². The van der Waals surface area contributed by atoms with E-state index in [2.05, 4.69) is 25.9 Å². The number of hydrogen-bond acceptors (Lipinski definition) is 3. The molecule has 0 aliphatic rings. The lowest BCUT2D eigenvalue weighted by Gasteiger charge is -2.00. The monoisotopic (exact) mass is 256 g/mol. The quantitative estimate of drug-likeness (QED) is 0.898. The Morgan fingerprint density at radius 1 is 1.29 bits per heavy atom. The Morgan fingerprint density at radius 3 is 2.71 bits per heavy atom. The molecule has 4 nitrogen and oxygen atoms in total. The summed E-state index contributed by atoms with van der Waals surface area (Å²) >= 11 is 3.39. The number of ether oxygens (including phenoxy) is 2. The average molecular weight is 257 g/mol. The molecular weight excluding hydrogens is 248 g/mol. The summed E-state index contributed by atoms with van der Waals surface area (Å²) in [6.07, 6.45) is 0. The van der Waals surface area contributed by atoms with Crippen LogP contribution in [0, 0.1) is 0 Å². The third kappa shape index (κ3) is 1.43. The summed E-state index contributed by atoms with van der Waals surface area (Å²) in [5.41, 5.74) is 1.65. The molecule has 0 aliphatic carbocycles. The largest absolute Gasteiger partial charge is 0.494 e. The summed E-state index contributed by atoms with van der Waals surface area (Å²) in [6.45, 7) is 0. The van der Waals surface area contributed by atoms with Crippen molar-refractivity contribution in [3.63, 3.8) is 0 Å². The SMILES string of the molecule is COc1nc2c(OC)cc(Br)cc2[nH]1. The number of rotatable bonds is 2. The standard InChI is InChI=1S/C9H9BrN2O2/c1-13-7-4-5(10)3-6-8(7)12-9(11-6)14-2/h3-4H,1-2H3,(H,11,12). The van der Waals surface area contributed by atoms with E-state index in [-0.39, 0.29) is 0 Å². The Bertz CT molecular complexity index is 467. The van der Waals surface area contributed by atoms with Gasteiger partial charge in [-0.2, -0.15) is 4.98 Å². The minimum Gasteiger partial charge on any atom is -0.494 e. The molecule has 2 aromatic rings. The molecule has 0 aliphatic heterocycles. The van der Waals surface area contributed by atoms with Gasteiger partial charge in [-0.1, -0.05) is 15.9 Å². The number of H-pyrrole nitrogens is 1. The highest BCUT2D eigenvalue weighted by molar-refractivity contribution is 9.10. The Labute approximate surface area is 89.4 Å². The fourth-order valence-corrected chi connectivity index (χ4v) is 1.72. The molecule has 0 fully saturated rings. The van der Waals surface area contributed by atoms with Crippen LogP contribution in [0.15, 0.2) is 16.6 Å². The maximum Gasteiger partial charge on any atom is 0.294 e. The van der Waals surface area contributed by atoms with E-state index >= 15 is 0 Å². The van der Waals surface area contributed by atoms with Crippen molar-refractivity contribution in [3.05, 3.63) is 16.6 Å². The number of imidazole rings is 1. The van der Waals surface area contributed by atoms with Gasteiger partial charge in [0.05, 0.1) is 19.7 Å². The summed E-state index contributed by atoms with van der Waals surface area (Å²) in [4.78, 5) is 7.24. The van der Waals surface area contributed by atoms with Gasteiger partial charge >= 0.3 is 0 Å². The van der Waals surface area contributed by atoms with E-state index in [0.717, 1.165) is 15.5 Å². The van der Waals surface area contributed by atoms with Gasteiger partial charge in [0, 0.05) is 4.47 Å². The zero-order valence-corrected chi connectivity index (χ0v) is 9.38. The van der Waals surface area contributed by atoms with Crippen molar-refractivity contribution < 1.29 is 9.47 Å². The molecule has 0 saturated heterocycles.